The van der Waals surface area contributed by atoms with Crippen LogP contribution in [0.2, 0.25) is 0 Å². The van der Waals surface area contributed by atoms with E-state index in [2.05, 4.69) is 19.9 Å². The van der Waals surface area contributed by atoms with E-state index in [1.54, 1.807) is 13.0 Å². The summed E-state index contributed by atoms with van der Waals surface area (Å²) in [6, 6.07) is 1.64. The maximum absolute atomic E-state index is 11.3. The van der Waals surface area contributed by atoms with Crippen LogP contribution in [0.25, 0.3) is 11.5 Å². The minimum atomic E-state index is -0.0562. The number of nitrogens with zero attached hydrogens (tertiary/aromatic N) is 4. The van der Waals surface area contributed by atoms with E-state index in [1.807, 2.05) is 0 Å². The number of Topliss-reactive ketones (excluding diaryl/α,β-unsaturated/α-hetero) is 1. The quantitative estimate of drug-likeness (QED) is 0.760. The lowest BCUT2D eigenvalue weighted by Gasteiger charge is -2.04. The van der Waals surface area contributed by atoms with Crippen LogP contribution in [0.15, 0.2) is 18.6 Å². The van der Waals surface area contributed by atoms with Crippen molar-refractivity contribution in [3.8, 4) is 17.4 Å². The van der Waals surface area contributed by atoms with Gasteiger partial charge in [-0.05, 0) is 13.8 Å². The standard InChI is InChI=1S/C12H12N4O2/c1-7-9(8(2)17)5-13-12(16-7)10-4-11(18-3)15-6-14-10/h4-6H,1-3H3. The predicted octanol–water partition coefficient (Wildman–Crippen LogP) is 1.45. The number of carbonyl (C=O) groups is 1. The molecule has 0 bridgehead atoms. The first-order valence-electron chi connectivity index (χ1n) is 5.33. The SMILES string of the molecule is COc1cc(-c2ncc(C(C)=O)c(C)n2)ncn1. The summed E-state index contributed by atoms with van der Waals surface area (Å²) in [6.07, 6.45) is 2.89. The number of hydrogen-bond acceptors (Lipinski definition) is 6. The molecule has 0 fully saturated rings. The average Bonchev–Trinajstić information content (AvgIpc) is 2.38. The summed E-state index contributed by atoms with van der Waals surface area (Å²) in [5.74, 6) is 0.828. The zero-order valence-electron chi connectivity index (χ0n) is 10.3. The van der Waals surface area contributed by atoms with Gasteiger partial charge in [-0.1, -0.05) is 0 Å². The second-order valence-corrected chi connectivity index (χ2v) is 3.69. The third-order valence-electron chi connectivity index (χ3n) is 2.44. The molecule has 0 aliphatic heterocycles. The molecule has 0 radical (unpaired) electrons. The first-order chi connectivity index (χ1) is 8.61. The molecule has 6 nitrogen and oxygen atoms in total. The van der Waals surface area contributed by atoms with Crippen molar-refractivity contribution in [2.24, 2.45) is 0 Å². The second-order valence-electron chi connectivity index (χ2n) is 3.69. The number of ketones is 1. The molecule has 0 unspecified atom stereocenters. The van der Waals surface area contributed by atoms with Crippen LogP contribution in [0.4, 0.5) is 0 Å². The fourth-order valence-corrected chi connectivity index (χ4v) is 1.51. The number of methoxy groups -OCH3 is 1. The summed E-state index contributed by atoms with van der Waals surface area (Å²) in [5, 5.41) is 0. The Hall–Kier alpha value is -2.37. The number of carbonyl (C=O) groups excluding carboxylic acids is 1. The van der Waals surface area contributed by atoms with Gasteiger partial charge in [-0.2, -0.15) is 0 Å². The number of aryl methyl sites for hydroxylation is 1. The molecular formula is C12H12N4O2. The topological polar surface area (TPSA) is 77.9 Å². The third-order valence-corrected chi connectivity index (χ3v) is 2.44. The highest BCUT2D eigenvalue weighted by Gasteiger charge is 2.10. The van der Waals surface area contributed by atoms with Gasteiger partial charge in [0, 0.05) is 12.3 Å². The van der Waals surface area contributed by atoms with Crippen molar-refractivity contribution in [3.63, 3.8) is 0 Å². The molecule has 0 N–H and O–H groups in total. The molecule has 2 heterocycles. The van der Waals surface area contributed by atoms with Gasteiger partial charge in [0.05, 0.1) is 18.4 Å². The molecule has 0 atom stereocenters. The molecular weight excluding hydrogens is 232 g/mol. The molecule has 0 saturated carbocycles. The minimum Gasteiger partial charge on any atom is -0.481 e. The van der Waals surface area contributed by atoms with E-state index >= 15 is 0 Å². The monoisotopic (exact) mass is 244 g/mol. The highest BCUT2D eigenvalue weighted by molar-refractivity contribution is 5.94. The lowest BCUT2D eigenvalue weighted by atomic mass is 10.2. The van der Waals surface area contributed by atoms with Crippen molar-refractivity contribution in [1.82, 2.24) is 19.9 Å². The normalized spacial score (nSPS) is 10.2. The number of rotatable bonds is 3. The lowest BCUT2D eigenvalue weighted by Crippen LogP contribution is -2.03. The molecule has 6 heteroatoms. The second kappa shape index (κ2) is 4.87. The molecule has 0 aliphatic carbocycles. The molecule has 0 spiro atoms. The highest BCUT2D eigenvalue weighted by Crippen LogP contribution is 2.17. The molecule has 18 heavy (non-hydrogen) atoms. The molecule has 2 rings (SSSR count). The van der Waals surface area contributed by atoms with E-state index in [-0.39, 0.29) is 5.78 Å². The molecule has 0 aromatic carbocycles. The van der Waals surface area contributed by atoms with Gasteiger partial charge in [0.25, 0.3) is 0 Å². The summed E-state index contributed by atoms with van der Waals surface area (Å²) >= 11 is 0. The zero-order chi connectivity index (χ0) is 13.1. The van der Waals surface area contributed by atoms with E-state index in [9.17, 15) is 4.79 Å². The first kappa shape index (κ1) is 12.1. The summed E-state index contributed by atoms with van der Waals surface area (Å²) < 4.78 is 5.01. The maximum atomic E-state index is 11.3. The van der Waals surface area contributed by atoms with Gasteiger partial charge >= 0.3 is 0 Å². The van der Waals surface area contributed by atoms with Crippen LogP contribution in [0.3, 0.4) is 0 Å². The highest BCUT2D eigenvalue weighted by atomic mass is 16.5. The van der Waals surface area contributed by atoms with Gasteiger partial charge in [-0.3, -0.25) is 4.79 Å². The molecule has 0 saturated heterocycles. The van der Waals surface area contributed by atoms with Crippen molar-refractivity contribution in [1.29, 1.82) is 0 Å². The van der Waals surface area contributed by atoms with Gasteiger partial charge in [0.1, 0.15) is 12.0 Å². The summed E-state index contributed by atoms with van der Waals surface area (Å²) in [5.41, 5.74) is 1.70. The van der Waals surface area contributed by atoms with Crippen LogP contribution < -0.4 is 4.74 Å². The van der Waals surface area contributed by atoms with Crippen molar-refractivity contribution >= 4 is 5.78 Å². The van der Waals surface area contributed by atoms with Gasteiger partial charge in [-0.25, -0.2) is 19.9 Å². The molecule has 2 aromatic rings. The first-order valence-corrected chi connectivity index (χ1v) is 5.33. The summed E-state index contributed by atoms with van der Waals surface area (Å²) in [6.45, 7) is 3.25. The van der Waals surface area contributed by atoms with Gasteiger partial charge in [0.2, 0.25) is 5.88 Å². The fraction of sp³-hybridized carbons (Fsp3) is 0.250. The zero-order valence-corrected chi connectivity index (χ0v) is 10.3. The Morgan fingerprint density at radius 1 is 1.28 bits per heavy atom. The van der Waals surface area contributed by atoms with Crippen LogP contribution in [-0.2, 0) is 0 Å². The van der Waals surface area contributed by atoms with Gasteiger partial charge in [0.15, 0.2) is 11.6 Å². The van der Waals surface area contributed by atoms with E-state index < -0.39 is 0 Å². The summed E-state index contributed by atoms with van der Waals surface area (Å²) in [7, 11) is 1.52. The van der Waals surface area contributed by atoms with Crippen molar-refractivity contribution in [2.75, 3.05) is 7.11 Å². The van der Waals surface area contributed by atoms with Crippen molar-refractivity contribution < 1.29 is 9.53 Å². The Labute approximate surface area is 104 Å². The number of ether oxygens (including phenoxy) is 1. The Kier molecular flexibility index (Phi) is 3.27. The maximum Gasteiger partial charge on any atom is 0.216 e. The Morgan fingerprint density at radius 3 is 2.67 bits per heavy atom. The molecule has 0 aliphatic rings. The minimum absolute atomic E-state index is 0.0562. The van der Waals surface area contributed by atoms with E-state index in [0.29, 0.717) is 28.7 Å². The Bertz CT molecular complexity index is 598. The van der Waals surface area contributed by atoms with Gasteiger partial charge in [-0.15, -0.1) is 0 Å². The van der Waals surface area contributed by atoms with Crippen molar-refractivity contribution in [3.05, 3.63) is 29.8 Å². The van der Waals surface area contributed by atoms with E-state index in [0.717, 1.165) is 0 Å². The largest absolute Gasteiger partial charge is 0.481 e. The van der Waals surface area contributed by atoms with Crippen LogP contribution in [-0.4, -0.2) is 32.8 Å². The van der Waals surface area contributed by atoms with E-state index in [1.165, 1.54) is 26.6 Å². The van der Waals surface area contributed by atoms with Crippen LogP contribution in [0.1, 0.15) is 23.0 Å². The van der Waals surface area contributed by atoms with Gasteiger partial charge < -0.3 is 4.74 Å². The van der Waals surface area contributed by atoms with Crippen LogP contribution in [0, 0.1) is 6.92 Å². The third kappa shape index (κ3) is 2.32. The van der Waals surface area contributed by atoms with Crippen molar-refractivity contribution in [2.45, 2.75) is 13.8 Å². The predicted molar refractivity (Wildman–Crippen MR) is 64.4 cm³/mol. The lowest BCUT2D eigenvalue weighted by molar-refractivity contribution is 0.101. The number of hydrogen-bond donors (Lipinski definition) is 0. The Balaban J connectivity index is 2.45. The average molecular weight is 244 g/mol. The Morgan fingerprint density at radius 2 is 2.06 bits per heavy atom. The van der Waals surface area contributed by atoms with Crippen LogP contribution >= 0.6 is 0 Å². The smallest absolute Gasteiger partial charge is 0.216 e. The number of aromatic nitrogens is 4. The molecule has 0 amide bonds. The fourth-order valence-electron chi connectivity index (χ4n) is 1.51. The molecule has 92 valence electrons. The summed E-state index contributed by atoms with van der Waals surface area (Å²) in [4.78, 5) is 27.7. The van der Waals surface area contributed by atoms with E-state index in [4.69, 9.17) is 4.74 Å². The molecule has 2 aromatic heterocycles. The van der Waals surface area contributed by atoms with Crippen LogP contribution in [0.5, 0.6) is 5.88 Å².